The van der Waals surface area contributed by atoms with Crippen molar-refractivity contribution in [2.75, 3.05) is 4.90 Å². The monoisotopic (exact) mass is 487 g/mol. The average molecular weight is 488 g/mol. The van der Waals surface area contributed by atoms with E-state index >= 15 is 0 Å². The Hall–Kier alpha value is -3.08. The van der Waals surface area contributed by atoms with Gasteiger partial charge in [0.25, 0.3) is 5.91 Å². The van der Waals surface area contributed by atoms with Gasteiger partial charge >= 0.3 is 0 Å². The maximum Gasteiger partial charge on any atom is 0.272 e. The first-order valence-electron chi connectivity index (χ1n) is 8.46. The fourth-order valence-corrected chi connectivity index (χ4v) is 3.42. The first-order chi connectivity index (χ1) is 14.3. The molecule has 30 heavy (non-hydrogen) atoms. The fourth-order valence-electron chi connectivity index (χ4n) is 2.91. The standard InChI is InChI=1S/C19H14BrF4N3O3/c1-10-26(9-25-29)19(30-8-11-5-6-12(21)7-15(11)24)16(20)18(28)27(10)17-13(22)3-2-4-14(17)23/h2-7,9-10,29H,8H2,1H3/b25-9+. The molecule has 2 aromatic carbocycles. The van der Waals surface area contributed by atoms with Crippen molar-refractivity contribution in [1.29, 1.82) is 0 Å². The van der Waals surface area contributed by atoms with Crippen molar-refractivity contribution in [2.45, 2.75) is 19.7 Å². The Kier molecular flexibility index (Phi) is 6.30. The summed E-state index contributed by atoms with van der Waals surface area (Å²) in [4.78, 5) is 14.8. The van der Waals surface area contributed by atoms with E-state index in [1.54, 1.807) is 0 Å². The van der Waals surface area contributed by atoms with Gasteiger partial charge in [0, 0.05) is 11.6 Å². The van der Waals surface area contributed by atoms with Crippen molar-refractivity contribution >= 4 is 33.9 Å². The van der Waals surface area contributed by atoms with Crippen molar-refractivity contribution in [3.8, 4) is 0 Å². The first kappa shape index (κ1) is 21.6. The molecule has 0 radical (unpaired) electrons. The van der Waals surface area contributed by atoms with Crippen molar-refractivity contribution in [2.24, 2.45) is 5.16 Å². The number of anilines is 1. The number of oxime groups is 1. The highest BCUT2D eigenvalue weighted by atomic mass is 79.9. The molecule has 11 heteroatoms. The van der Waals surface area contributed by atoms with E-state index in [1.165, 1.54) is 13.0 Å². The molecule has 1 aliphatic heterocycles. The van der Waals surface area contributed by atoms with E-state index < -0.39 is 47.6 Å². The minimum atomic E-state index is -1.09. The minimum absolute atomic E-state index is 0.00670. The van der Waals surface area contributed by atoms with Crippen LogP contribution in [0, 0.1) is 23.3 Å². The van der Waals surface area contributed by atoms with Crippen LogP contribution in [0.15, 0.2) is 51.9 Å². The molecule has 6 nitrogen and oxygen atoms in total. The van der Waals surface area contributed by atoms with E-state index in [0.29, 0.717) is 6.07 Å². The molecular weight excluding hydrogens is 474 g/mol. The van der Waals surface area contributed by atoms with Gasteiger partial charge in [-0.2, -0.15) is 0 Å². The molecule has 1 atom stereocenters. The molecular formula is C19H14BrF4N3O3. The number of halogens is 5. The lowest BCUT2D eigenvalue weighted by molar-refractivity contribution is -0.116. The van der Waals surface area contributed by atoms with Gasteiger partial charge in [-0.15, -0.1) is 0 Å². The van der Waals surface area contributed by atoms with Crippen molar-refractivity contribution in [1.82, 2.24) is 4.90 Å². The van der Waals surface area contributed by atoms with Crippen LogP contribution in [0.2, 0.25) is 0 Å². The lowest BCUT2D eigenvalue weighted by atomic mass is 10.2. The number of carbonyl (C=O) groups excluding carboxylic acids is 1. The summed E-state index contributed by atoms with van der Waals surface area (Å²) in [6.45, 7) is 1.01. The maximum absolute atomic E-state index is 14.3. The predicted octanol–water partition coefficient (Wildman–Crippen LogP) is 4.44. The number of rotatable bonds is 5. The van der Waals surface area contributed by atoms with Gasteiger partial charge in [0.1, 0.15) is 52.5 Å². The molecule has 0 bridgehead atoms. The number of carbonyl (C=O) groups is 1. The summed E-state index contributed by atoms with van der Waals surface area (Å²) in [6, 6.07) is 6.01. The smallest absolute Gasteiger partial charge is 0.272 e. The van der Waals surface area contributed by atoms with Crippen LogP contribution in [0.1, 0.15) is 12.5 Å². The Morgan fingerprint density at radius 3 is 2.43 bits per heavy atom. The normalized spacial score (nSPS) is 17.3. The minimum Gasteiger partial charge on any atom is -0.473 e. The van der Waals surface area contributed by atoms with Crippen LogP contribution >= 0.6 is 15.9 Å². The topological polar surface area (TPSA) is 65.4 Å². The zero-order valence-electron chi connectivity index (χ0n) is 15.3. The maximum atomic E-state index is 14.3. The molecule has 0 aliphatic carbocycles. The van der Waals surface area contributed by atoms with Crippen LogP contribution < -0.4 is 4.90 Å². The van der Waals surface area contributed by atoms with E-state index in [9.17, 15) is 22.4 Å². The van der Waals surface area contributed by atoms with Gasteiger partial charge < -0.3 is 9.94 Å². The van der Waals surface area contributed by atoms with Crippen LogP contribution in [0.4, 0.5) is 23.2 Å². The highest BCUT2D eigenvalue weighted by molar-refractivity contribution is 9.12. The Balaban J connectivity index is 2.00. The van der Waals surface area contributed by atoms with Crippen LogP contribution in [0.25, 0.3) is 0 Å². The summed E-state index contributed by atoms with van der Waals surface area (Å²) in [5.74, 6) is -4.62. The van der Waals surface area contributed by atoms with E-state index in [4.69, 9.17) is 9.94 Å². The highest BCUT2D eigenvalue weighted by Gasteiger charge is 2.40. The van der Waals surface area contributed by atoms with Gasteiger partial charge in [0.2, 0.25) is 5.88 Å². The van der Waals surface area contributed by atoms with Crippen molar-refractivity contribution in [3.63, 3.8) is 0 Å². The molecule has 0 aromatic heterocycles. The highest BCUT2D eigenvalue weighted by Crippen LogP contribution is 2.35. The molecule has 0 saturated heterocycles. The molecule has 0 fully saturated rings. The summed E-state index contributed by atoms with van der Waals surface area (Å²) >= 11 is 3.03. The third-order valence-electron chi connectivity index (χ3n) is 4.34. The van der Waals surface area contributed by atoms with Crippen LogP contribution in [-0.4, -0.2) is 28.5 Å². The second kappa shape index (κ2) is 8.74. The Morgan fingerprint density at radius 2 is 1.83 bits per heavy atom. The van der Waals surface area contributed by atoms with Gasteiger partial charge in [-0.25, -0.2) is 17.6 Å². The Bertz CT molecular complexity index is 1030. The Morgan fingerprint density at radius 1 is 1.17 bits per heavy atom. The van der Waals surface area contributed by atoms with Gasteiger partial charge in [-0.3, -0.25) is 14.6 Å². The number of ether oxygens (including phenoxy) is 1. The molecule has 0 saturated carbocycles. The third-order valence-corrected chi connectivity index (χ3v) is 5.02. The van der Waals surface area contributed by atoms with E-state index in [2.05, 4.69) is 21.1 Å². The largest absolute Gasteiger partial charge is 0.473 e. The zero-order valence-corrected chi connectivity index (χ0v) is 16.9. The number of hydrogen-bond donors (Lipinski definition) is 1. The summed E-state index contributed by atoms with van der Waals surface area (Å²) < 4.78 is 60.8. The molecule has 3 rings (SSSR count). The summed E-state index contributed by atoms with van der Waals surface area (Å²) in [7, 11) is 0. The van der Waals surface area contributed by atoms with Crippen LogP contribution in [-0.2, 0) is 16.1 Å². The second-order valence-corrected chi connectivity index (χ2v) is 6.95. The second-order valence-electron chi connectivity index (χ2n) is 6.16. The predicted molar refractivity (Wildman–Crippen MR) is 103 cm³/mol. The molecule has 0 spiro atoms. The van der Waals surface area contributed by atoms with Crippen LogP contribution in [0.3, 0.4) is 0 Å². The van der Waals surface area contributed by atoms with Gasteiger partial charge in [0.15, 0.2) is 0 Å². The van der Waals surface area contributed by atoms with Crippen LogP contribution in [0.5, 0.6) is 0 Å². The van der Waals surface area contributed by atoms with Gasteiger partial charge in [-0.05, 0) is 47.1 Å². The summed E-state index contributed by atoms with van der Waals surface area (Å²) in [6.07, 6.45) is -0.227. The molecule has 1 N–H and O–H groups in total. The number of para-hydroxylation sites is 1. The number of benzene rings is 2. The molecule has 1 unspecified atom stereocenters. The fraction of sp³-hybridized carbons (Fsp3) is 0.158. The molecule has 1 amide bonds. The van der Waals surface area contributed by atoms with E-state index in [1.807, 2.05) is 0 Å². The molecule has 158 valence electrons. The van der Waals surface area contributed by atoms with Crippen molar-refractivity contribution < 1.29 is 32.3 Å². The number of hydrogen-bond acceptors (Lipinski definition) is 4. The van der Waals surface area contributed by atoms with Crippen molar-refractivity contribution in [3.05, 3.63) is 75.6 Å². The number of amides is 1. The van der Waals surface area contributed by atoms with E-state index in [0.717, 1.165) is 40.4 Å². The number of nitrogens with zero attached hydrogens (tertiary/aromatic N) is 3. The van der Waals surface area contributed by atoms with Gasteiger partial charge in [-0.1, -0.05) is 11.2 Å². The Labute approximate surface area is 176 Å². The lowest BCUT2D eigenvalue weighted by Gasteiger charge is -2.41. The SMILES string of the molecule is CC1N(/C=N/O)C(OCc2ccc(F)cc2F)=C(Br)C(=O)N1c1c(F)cccc1F. The molecule has 1 aliphatic rings. The quantitative estimate of drug-likeness (QED) is 0.222. The summed E-state index contributed by atoms with van der Waals surface area (Å²) in [5, 5.41) is 11.9. The first-order valence-corrected chi connectivity index (χ1v) is 9.25. The molecule has 2 aromatic rings. The molecule has 1 heterocycles. The lowest BCUT2D eigenvalue weighted by Crippen LogP contribution is -2.54. The average Bonchev–Trinajstić information content (AvgIpc) is 2.69. The summed E-state index contributed by atoms with van der Waals surface area (Å²) in [5.41, 5.74) is -0.611. The third kappa shape index (κ3) is 3.97. The van der Waals surface area contributed by atoms with E-state index in [-0.39, 0.29) is 15.9 Å². The zero-order chi connectivity index (χ0) is 22.0. The van der Waals surface area contributed by atoms with Gasteiger partial charge in [0.05, 0.1) is 0 Å².